The Morgan fingerprint density at radius 2 is 1.94 bits per heavy atom. The minimum atomic E-state index is 0.0404. The van der Waals surface area contributed by atoms with Gasteiger partial charge in [0.05, 0.1) is 5.57 Å². The van der Waals surface area contributed by atoms with Crippen molar-refractivity contribution in [1.29, 1.82) is 0 Å². The lowest BCUT2D eigenvalue weighted by molar-refractivity contribution is -0.128. The Morgan fingerprint density at radius 1 is 1.31 bits per heavy atom. The maximum Gasteiger partial charge on any atom is 0.255 e. The second kappa shape index (κ2) is 6.23. The fourth-order valence-electron chi connectivity index (χ4n) is 1.63. The van der Waals surface area contributed by atoms with Crippen molar-refractivity contribution in [1.82, 2.24) is 9.80 Å². The number of rotatable bonds is 3. The molecule has 1 rings (SSSR count). The van der Waals surface area contributed by atoms with Gasteiger partial charge in [-0.15, -0.1) is 0 Å². The number of hydrogen-bond acceptors (Lipinski definition) is 3. The number of hydrogen-bond donors (Lipinski definition) is 0. The maximum atomic E-state index is 12.1. The van der Waals surface area contributed by atoms with E-state index in [0.29, 0.717) is 5.57 Å². The van der Waals surface area contributed by atoms with Crippen LogP contribution in [0.15, 0.2) is 29.3 Å². The summed E-state index contributed by atoms with van der Waals surface area (Å²) in [4.78, 5) is 20.0. The molecule has 1 amide bonds. The van der Waals surface area contributed by atoms with E-state index in [1.807, 2.05) is 4.90 Å². The van der Waals surface area contributed by atoms with E-state index in [2.05, 4.69) is 23.5 Å². The molecule has 4 heteroatoms. The number of carbonyl (C=O) groups excluding carboxylic acids is 1. The summed E-state index contributed by atoms with van der Waals surface area (Å²) in [6, 6.07) is 0. The highest BCUT2D eigenvalue weighted by molar-refractivity contribution is 6.12. The van der Waals surface area contributed by atoms with Crippen molar-refractivity contribution in [2.45, 2.75) is 0 Å². The smallest absolute Gasteiger partial charge is 0.255 e. The maximum absolute atomic E-state index is 12.1. The molecular weight excluding hydrogens is 202 g/mol. The van der Waals surface area contributed by atoms with Crippen molar-refractivity contribution >= 4 is 12.1 Å². The van der Waals surface area contributed by atoms with E-state index >= 15 is 0 Å². The van der Waals surface area contributed by atoms with Gasteiger partial charge in [-0.05, 0) is 13.1 Å². The molecule has 0 aliphatic carbocycles. The van der Waals surface area contributed by atoms with E-state index in [1.54, 1.807) is 25.4 Å². The molecule has 1 saturated heterocycles. The minimum absolute atomic E-state index is 0.0404. The van der Waals surface area contributed by atoms with Crippen LogP contribution in [0, 0.1) is 0 Å². The number of amides is 1. The summed E-state index contributed by atoms with van der Waals surface area (Å²) in [5, 5.41) is 0. The zero-order valence-corrected chi connectivity index (χ0v) is 10.0. The van der Waals surface area contributed by atoms with Crippen LogP contribution < -0.4 is 0 Å². The van der Waals surface area contributed by atoms with Crippen LogP contribution in [-0.4, -0.2) is 62.2 Å². The first-order valence-electron chi connectivity index (χ1n) is 5.41. The zero-order valence-electron chi connectivity index (χ0n) is 10.0. The van der Waals surface area contributed by atoms with Gasteiger partial charge in [-0.1, -0.05) is 12.7 Å². The molecule has 0 atom stereocenters. The number of piperazine rings is 1. The number of aliphatic imine (C=N–C) groups is 1. The van der Waals surface area contributed by atoms with Gasteiger partial charge in [0.2, 0.25) is 0 Å². The summed E-state index contributed by atoms with van der Waals surface area (Å²) in [5.74, 6) is 0.0404. The minimum Gasteiger partial charge on any atom is -0.336 e. The predicted molar refractivity (Wildman–Crippen MR) is 66.8 cm³/mol. The number of allylic oxidation sites excluding steroid dienone is 2. The Kier molecular flexibility index (Phi) is 4.92. The highest BCUT2D eigenvalue weighted by atomic mass is 16.2. The molecule has 16 heavy (non-hydrogen) atoms. The first-order chi connectivity index (χ1) is 7.69. The van der Waals surface area contributed by atoms with Gasteiger partial charge in [-0.25, -0.2) is 0 Å². The van der Waals surface area contributed by atoms with Gasteiger partial charge in [0.25, 0.3) is 5.91 Å². The van der Waals surface area contributed by atoms with E-state index in [0.717, 1.165) is 26.2 Å². The first kappa shape index (κ1) is 12.6. The third-order valence-corrected chi connectivity index (χ3v) is 2.60. The van der Waals surface area contributed by atoms with Gasteiger partial charge in [0.1, 0.15) is 0 Å². The Hall–Kier alpha value is -1.42. The molecule has 0 aromatic carbocycles. The SMILES string of the molecule is C=C/C=C(\C=NC)C(=O)N1CCN(C)CC1. The Bertz CT molecular complexity index is 312. The van der Waals surface area contributed by atoms with Crippen LogP contribution in [0.3, 0.4) is 0 Å². The second-order valence-electron chi connectivity index (χ2n) is 3.84. The molecular formula is C12H19N3O. The Balaban J connectivity index is 2.68. The summed E-state index contributed by atoms with van der Waals surface area (Å²) in [7, 11) is 3.73. The van der Waals surface area contributed by atoms with Crippen LogP contribution in [0.5, 0.6) is 0 Å². The van der Waals surface area contributed by atoms with Crippen molar-refractivity contribution < 1.29 is 4.79 Å². The molecule has 0 N–H and O–H groups in total. The van der Waals surface area contributed by atoms with Crippen molar-refractivity contribution in [3.63, 3.8) is 0 Å². The van der Waals surface area contributed by atoms with Crippen LogP contribution in [-0.2, 0) is 4.79 Å². The third-order valence-electron chi connectivity index (χ3n) is 2.60. The number of likely N-dealkylation sites (N-methyl/N-ethyl adjacent to an activating group) is 1. The van der Waals surface area contributed by atoms with Crippen molar-refractivity contribution in [2.24, 2.45) is 4.99 Å². The monoisotopic (exact) mass is 221 g/mol. The van der Waals surface area contributed by atoms with Crippen LogP contribution >= 0.6 is 0 Å². The first-order valence-corrected chi connectivity index (χ1v) is 5.41. The van der Waals surface area contributed by atoms with E-state index in [4.69, 9.17) is 0 Å². The molecule has 0 spiro atoms. The van der Waals surface area contributed by atoms with Gasteiger partial charge in [-0.3, -0.25) is 9.79 Å². The van der Waals surface area contributed by atoms with E-state index in [-0.39, 0.29) is 5.91 Å². The highest BCUT2D eigenvalue weighted by Gasteiger charge is 2.20. The molecule has 1 heterocycles. The van der Waals surface area contributed by atoms with Gasteiger partial charge in [0, 0.05) is 39.4 Å². The number of nitrogens with zero attached hydrogens (tertiary/aromatic N) is 3. The zero-order chi connectivity index (χ0) is 12.0. The molecule has 0 aromatic heterocycles. The molecule has 0 bridgehead atoms. The predicted octanol–water partition coefficient (Wildman–Crippen LogP) is 0.573. The van der Waals surface area contributed by atoms with E-state index in [9.17, 15) is 4.79 Å². The quantitative estimate of drug-likeness (QED) is 0.397. The molecule has 0 unspecified atom stereocenters. The lowest BCUT2D eigenvalue weighted by Gasteiger charge is -2.32. The highest BCUT2D eigenvalue weighted by Crippen LogP contribution is 2.05. The van der Waals surface area contributed by atoms with E-state index < -0.39 is 0 Å². The Labute approximate surface area is 96.9 Å². The van der Waals surface area contributed by atoms with Gasteiger partial charge in [-0.2, -0.15) is 0 Å². The lowest BCUT2D eigenvalue weighted by Crippen LogP contribution is -2.47. The molecule has 4 nitrogen and oxygen atoms in total. The topological polar surface area (TPSA) is 35.9 Å². The van der Waals surface area contributed by atoms with Crippen LogP contribution in [0.25, 0.3) is 0 Å². The molecule has 88 valence electrons. The third kappa shape index (κ3) is 3.31. The average Bonchev–Trinajstić information content (AvgIpc) is 2.29. The van der Waals surface area contributed by atoms with Gasteiger partial charge < -0.3 is 9.80 Å². The molecule has 0 saturated carbocycles. The fraction of sp³-hybridized carbons (Fsp3) is 0.500. The number of carbonyl (C=O) groups is 1. The summed E-state index contributed by atoms with van der Waals surface area (Å²) >= 11 is 0. The van der Waals surface area contributed by atoms with E-state index in [1.165, 1.54) is 0 Å². The van der Waals surface area contributed by atoms with Gasteiger partial charge in [0.15, 0.2) is 0 Å². The summed E-state index contributed by atoms with van der Waals surface area (Å²) < 4.78 is 0. The molecule has 1 aliphatic heterocycles. The van der Waals surface area contributed by atoms with Crippen molar-refractivity contribution in [2.75, 3.05) is 40.3 Å². The summed E-state index contributed by atoms with van der Waals surface area (Å²) in [6.45, 7) is 7.02. The van der Waals surface area contributed by atoms with Gasteiger partial charge >= 0.3 is 0 Å². The van der Waals surface area contributed by atoms with Crippen molar-refractivity contribution in [3.05, 3.63) is 24.3 Å². The lowest BCUT2D eigenvalue weighted by atomic mass is 10.2. The van der Waals surface area contributed by atoms with Crippen LogP contribution in [0.1, 0.15) is 0 Å². The Morgan fingerprint density at radius 3 is 2.44 bits per heavy atom. The molecule has 1 fully saturated rings. The van der Waals surface area contributed by atoms with Crippen molar-refractivity contribution in [3.8, 4) is 0 Å². The standard InChI is InChI=1S/C12H19N3O/c1-4-5-11(10-13-2)12(16)15-8-6-14(3)7-9-15/h4-5,10H,1,6-9H2,2-3H3/b11-5+,13-10?. The van der Waals surface area contributed by atoms with Crippen LogP contribution in [0.2, 0.25) is 0 Å². The molecule has 1 aliphatic rings. The molecule has 0 radical (unpaired) electrons. The van der Waals surface area contributed by atoms with Crippen LogP contribution in [0.4, 0.5) is 0 Å². The fourth-order valence-corrected chi connectivity index (χ4v) is 1.63. The summed E-state index contributed by atoms with van der Waals surface area (Å²) in [6.07, 6.45) is 4.90. The second-order valence-corrected chi connectivity index (χ2v) is 3.84. The normalized spacial score (nSPS) is 19.1. The largest absolute Gasteiger partial charge is 0.336 e. The summed E-state index contributed by atoms with van der Waals surface area (Å²) in [5.41, 5.74) is 0.599. The molecule has 0 aromatic rings. The average molecular weight is 221 g/mol.